The summed E-state index contributed by atoms with van der Waals surface area (Å²) in [4.78, 5) is 11.9. The van der Waals surface area contributed by atoms with Crippen molar-refractivity contribution >= 4 is 35.4 Å². The topological polar surface area (TPSA) is 94.7 Å². The third kappa shape index (κ3) is 6.65. The Kier molecular flexibility index (Phi) is 8.07. The highest BCUT2D eigenvalue weighted by Gasteiger charge is 2.17. The first-order chi connectivity index (χ1) is 17.0. The lowest BCUT2D eigenvalue weighted by Crippen LogP contribution is -2.00. The van der Waals surface area contributed by atoms with E-state index in [1.165, 1.54) is 6.08 Å². The zero-order valence-corrected chi connectivity index (χ0v) is 20.3. The van der Waals surface area contributed by atoms with Crippen molar-refractivity contribution in [3.63, 3.8) is 0 Å². The van der Waals surface area contributed by atoms with E-state index in [-0.39, 0.29) is 16.0 Å². The average molecular weight is 509 g/mol. The van der Waals surface area contributed by atoms with E-state index in [0.29, 0.717) is 40.9 Å². The van der Waals surface area contributed by atoms with Crippen LogP contribution in [0, 0.1) is 0 Å². The van der Waals surface area contributed by atoms with Gasteiger partial charge in [-0.05, 0) is 72.3 Å². The maximum absolute atomic E-state index is 11.9. The van der Waals surface area contributed by atoms with Gasteiger partial charge < -0.3 is 19.0 Å². The molecule has 0 aliphatic heterocycles. The number of aromatic nitrogens is 2. The van der Waals surface area contributed by atoms with Crippen LogP contribution in [0.3, 0.4) is 0 Å². The van der Waals surface area contributed by atoms with Crippen LogP contribution in [0.25, 0.3) is 17.5 Å². The van der Waals surface area contributed by atoms with Crippen LogP contribution in [0.5, 0.6) is 11.5 Å². The molecule has 35 heavy (non-hydrogen) atoms. The molecule has 0 aliphatic rings. The van der Waals surface area contributed by atoms with E-state index in [1.54, 1.807) is 42.5 Å². The highest BCUT2D eigenvalue weighted by atomic mass is 35.5. The van der Waals surface area contributed by atoms with Gasteiger partial charge in [-0.1, -0.05) is 48.0 Å². The van der Waals surface area contributed by atoms with Gasteiger partial charge in [-0.25, -0.2) is 4.79 Å². The minimum absolute atomic E-state index is 0.0108. The normalized spacial score (nSPS) is 11.3. The molecule has 7 nitrogen and oxygen atoms in total. The first-order valence-electron chi connectivity index (χ1n) is 10.7. The second kappa shape index (κ2) is 11.6. The number of benzene rings is 3. The summed E-state index contributed by atoms with van der Waals surface area (Å²) in [6, 6.07) is 22.0. The molecule has 4 aromatic rings. The zero-order valence-electron chi connectivity index (χ0n) is 18.7. The first-order valence-corrected chi connectivity index (χ1v) is 11.9. The summed E-state index contributed by atoms with van der Waals surface area (Å²) in [5.74, 6) is 0.243. The quantitative estimate of drug-likeness (QED) is 0.189. The number of rotatable bonds is 10. The van der Waals surface area contributed by atoms with Gasteiger partial charge in [0.1, 0.15) is 11.5 Å². The number of thioether (sulfide) groups is 1. The van der Waals surface area contributed by atoms with E-state index in [1.807, 2.05) is 37.3 Å². The summed E-state index contributed by atoms with van der Waals surface area (Å²) in [6.45, 7) is 2.69. The zero-order chi connectivity index (χ0) is 24.6. The van der Waals surface area contributed by atoms with Crippen LogP contribution >= 0.6 is 23.4 Å². The van der Waals surface area contributed by atoms with Crippen molar-refractivity contribution in [3.8, 4) is 23.0 Å². The molecule has 4 rings (SSSR count). The van der Waals surface area contributed by atoms with Crippen molar-refractivity contribution in [1.29, 1.82) is 0 Å². The minimum atomic E-state index is -1.12. The second-order valence-electron chi connectivity index (χ2n) is 7.21. The van der Waals surface area contributed by atoms with Crippen LogP contribution in [-0.2, 0) is 11.4 Å². The van der Waals surface area contributed by atoms with Gasteiger partial charge in [0.25, 0.3) is 5.22 Å². The fraction of sp³-hybridized carbons (Fsp3) is 0.115. The molecule has 0 saturated carbocycles. The standard InChI is InChI=1S/C26H21ClN2O5S/c1-2-32-22-14-18(8-13-21(22)33-16-17-6-4-3-5-7-17)15-23(25(30)31)35-26-29-28-24(34-26)19-9-11-20(27)12-10-19/h3-15H,2,16H2,1H3,(H,30,31)/b23-15-. The first kappa shape index (κ1) is 24.4. The molecule has 3 aromatic carbocycles. The Bertz CT molecular complexity index is 1320. The lowest BCUT2D eigenvalue weighted by atomic mass is 10.2. The molecule has 0 atom stereocenters. The molecule has 1 aromatic heterocycles. The van der Waals surface area contributed by atoms with E-state index in [2.05, 4.69) is 10.2 Å². The summed E-state index contributed by atoms with van der Waals surface area (Å²) in [6.07, 6.45) is 1.52. The van der Waals surface area contributed by atoms with Crippen LogP contribution < -0.4 is 9.47 Å². The predicted octanol–water partition coefficient (Wildman–Crippen LogP) is 6.59. The molecule has 0 fully saturated rings. The van der Waals surface area contributed by atoms with Crippen molar-refractivity contribution in [1.82, 2.24) is 10.2 Å². The third-order valence-corrected chi connectivity index (χ3v) is 5.81. The summed E-state index contributed by atoms with van der Waals surface area (Å²) >= 11 is 6.78. The monoisotopic (exact) mass is 508 g/mol. The highest BCUT2D eigenvalue weighted by molar-refractivity contribution is 8.03. The highest BCUT2D eigenvalue weighted by Crippen LogP contribution is 2.33. The van der Waals surface area contributed by atoms with Crippen molar-refractivity contribution in [2.24, 2.45) is 0 Å². The number of aliphatic carboxylic acids is 1. The van der Waals surface area contributed by atoms with E-state index in [4.69, 9.17) is 25.5 Å². The molecule has 0 amide bonds. The van der Waals surface area contributed by atoms with E-state index >= 15 is 0 Å². The lowest BCUT2D eigenvalue weighted by molar-refractivity contribution is -0.131. The van der Waals surface area contributed by atoms with E-state index in [9.17, 15) is 9.90 Å². The van der Waals surface area contributed by atoms with Crippen LogP contribution in [0.1, 0.15) is 18.1 Å². The molecule has 0 spiro atoms. The summed E-state index contributed by atoms with van der Waals surface area (Å²) in [7, 11) is 0. The Morgan fingerprint density at radius 2 is 1.80 bits per heavy atom. The molecule has 178 valence electrons. The number of carbonyl (C=O) groups is 1. The largest absolute Gasteiger partial charge is 0.490 e. The summed E-state index contributed by atoms with van der Waals surface area (Å²) in [5.41, 5.74) is 2.34. The molecule has 0 unspecified atom stereocenters. The number of halogens is 1. The molecule has 9 heteroatoms. The number of hydrogen-bond donors (Lipinski definition) is 1. The third-order valence-electron chi connectivity index (χ3n) is 4.71. The SMILES string of the molecule is CCOc1cc(/C=C(\Sc2nnc(-c3ccc(Cl)cc3)o2)C(=O)O)ccc1OCc1ccccc1. The number of hydrogen-bond acceptors (Lipinski definition) is 7. The number of nitrogens with zero attached hydrogens (tertiary/aromatic N) is 2. The molecule has 1 N–H and O–H groups in total. The average Bonchev–Trinajstić information content (AvgIpc) is 3.33. The van der Waals surface area contributed by atoms with Gasteiger partial charge in [-0.3, -0.25) is 0 Å². The molecule has 0 saturated heterocycles. The van der Waals surface area contributed by atoms with Crippen LogP contribution in [0.15, 0.2) is 87.3 Å². The maximum atomic E-state index is 11.9. The van der Waals surface area contributed by atoms with Gasteiger partial charge >= 0.3 is 5.97 Å². The Morgan fingerprint density at radius 3 is 2.51 bits per heavy atom. The lowest BCUT2D eigenvalue weighted by Gasteiger charge is -2.13. The van der Waals surface area contributed by atoms with Crippen molar-refractivity contribution < 1.29 is 23.8 Å². The Balaban J connectivity index is 1.53. The van der Waals surface area contributed by atoms with Gasteiger partial charge in [0.05, 0.1) is 6.61 Å². The minimum Gasteiger partial charge on any atom is -0.490 e. The Labute approximate surface area is 211 Å². The molecule has 0 aliphatic carbocycles. The van der Waals surface area contributed by atoms with Gasteiger partial charge in [0, 0.05) is 10.6 Å². The van der Waals surface area contributed by atoms with Gasteiger partial charge in [-0.15, -0.1) is 10.2 Å². The fourth-order valence-electron chi connectivity index (χ4n) is 3.08. The number of ether oxygens (including phenoxy) is 2. The van der Waals surface area contributed by atoms with Crippen molar-refractivity contribution in [2.75, 3.05) is 6.61 Å². The Hall–Kier alpha value is -3.75. The van der Waals surface area contributed by atoms with Crippen molar-refractivity contribution in [3.05, 3.63) is 93.9 Å². The van der Waals surface area contributed by atoms with Crippen LogP contribution in [0.4, 0.5) is 0 Å². The van der Waals surface area contributed by atoms with Crippen LogP contribution in [-0.4, -0.2) is 27.9 Å². The number of carboxylic acids is 1. The van der Waals surface area contributed by atoms with E-state index in [0.717, 1.165) is 17.3 Å². The van der Waals surface area contributed by atoms with Crippen molar-refractivity contribution in [2.45, 2.75) is 18.8 Å². The molecule has 1 heterocycles. The van der Waals surface area contributed by atoms with Gasteiger partial charge in [0.2, 0.25) is 5.89 Å². The van der Waals surface area contributed by atoms with Gasteiger partial charge in [-0.2, -0.15) is 0 Å². The number of carboxylic acid groups (broad SMARTS) is 1. The molecule has 0 bridgehead atoms. The smallest absolute Gasteiger partial charge is 0.342 e. The molecular weight excluding hydrogens is 488 g/mol. The van der Waals surface area contributed by atoms with Gasteiger partial charge in [0.15, 0.2) is 11.5 Å². The van der Waals surface area contributed by atoms with Crippen LogP contribution in [0.2, 0.25) is 5.02 Å². The van der Waals surface area contributed by atoms with E-state index < -0.39 is 5.97 Å². The second-order valence-corrected chi connectivity index (χ2v) is 8.64. The molecule has 0 radical (unpaired) electrons. The maximum Gasteiger partial charge on any atom is 0.342 e. The predicted molar refractivity (Wildman–Crippen MR) is 135 cm³/mol. The summed E-state index contributed by atoms with van der Waals surface area (Å²) < 4.78 is 17.3. The fourth-order valence-corrected chi connectivity index (χ4v) is 3.88. The molecular formula is C26H21ClN2O5S. The Morgan fingerprint density at radius 1 is 1.03 bits per heavy atom. The summed E-state index contributed by atoms with van der Waals surface area (Å²) in [5, 5.41) is 18.4.